The van der Waals surface area contributed by atoms with Gasteiger partial charge >= 0.3 is 0 Å². The molecule has 1 unspecified atom stereocenters. The summed E-state index contributed by atoms with van der Waals surface area (Å²) in [7, 11) is 0. The van der Waals surface area contributed by atoms with Crippen LogP contribution in [0, 0.1) is 5.92 Å². The minimum atomic E-state index is 0.428. The number of nitrogens with zero attached hydrogens (tertiary/aromatic N) is 1. The lowest BCUT2D eigenvalue weighted by Crippen LogP contribution is -2.38. The third kappa shape index (κ3) is 3.47. The molecule has 1 atom stereocenters. The second-order valence-corrected chi connectivity index (χ2v) is 6.41. The van der Waals surface area contributed by atoms with Gasteiger partial charge < -0.3 is 10.2 Å². The second kappa shape index (κ2) is 5.60. The van der Waals surface area contributed by atoms with Gasteiger partial charge in [-0.2, -0.15) is 0 Å². The van der Waals surface area contributed by atoms with Gasteiger partial charge in [-0.15, -0.1) is 0 Å². The number of carbonyl (C=O) groups excluding carboxylic acids is 1. The lowest BCUT2D eigenvalue weighted by Gasteiger charge is -2.26. The summed E-state index contributed by atoms with van der Waals surface area (Å²) >= 11 is 0. The standard InChI is InChI=1S/C15H26N2O/c18-15(9-6-13-3-1-2-10-16-13)17(14-7-8-14)11-12-4-5-12/h12-14,16H,1-11H2. The topological polar surface area (TPSA) is 32.3 Å². The van der Waals surface area contributed by atoms with Crippen LogP contribution < -0.4 is 5.32 Å². The van der Waals surface area contributed by atoms with Gasteiger partial charge in [0, 0.05) is 25.0 Å². The van der Waals surface area contributed by atoms with E-state index >= 15 is 0 Å². The van der Waals surface area contributed by atoms with Crippen LogP contribution in [-0.2, 0) is 4.79 Å². The van der Waals surface area contributed by atoms with Crippen molar-refractivity contribution in [3.8, 4) is 0 Å². The number of carbonyl (C=O) groups is 1. The lowest BCUT2D eigenvalue weighted by molar-refractivity contribution is -0.132. The number of hydrogen-bond acceptors (Lipinski definition) is 2. The SMILES string of the molecule is O=C(CCC1CCCCN1)N(CC1CC1)C1CC1. The van der Waals surface area contributed by atoms with E-state index in [0.717, 1.165) is 31.8 Å². The Bertz CT molecular complexity index is 291. The summed E-state index contributed by atoms with van der Waals surface area (Å²) in [6.07, 6.45) is 10.9. The van der Waals surface area contributed by atoms with E-state index in [1.165, 1.54) is 44.9 Å². The zero-order chi connectivity index (χ0) is 12.4. The number of rotatable bonds is 6. The molecule has 1 heterocycles. The number of nitrogens with one attached hydrogen (secondary N) is 1. The first kappa shape index (κ1) is 12.5. The van der Waals surface area contributed by atoms with Crippen molar-refractivity contribution in [3.63, 3.8) is 0 Å². The van der Waals surface area contributed by atoms with E-state index in [4.69, 9.17) is 0 Å². The highest BCUT2D eigenvalue weighted by Gasteiger charge is 2.36. The number of amides is 1. The van der Waals surface area contributed by atoms with Gasteiger partial charge in [0.05, 0.1) is 0 Å². The van der Waals surface area contributed by atoms with E-state index in [2.05, 4.69) is 10.2 Å². The Hall–Kier alpha value is -0.570. The Morgan fingerprint density at radius 1 is 1.11 bits per heavy atom. The maximum atomic E-state index is 12.3. The third-order valence-electron chi connectivity index (χ3n) is 4.58. The molecule has 1 N–H and O–H groups in total. The second-order valence-electron chi connectivity index (χ2n) is 6.41. The molecule has 3 heteroatoms. The summed E-state index contributed by atoms with van der Waals surface area (Å²) in [6, 6.07) is 1.21. The minimum Gasteiger partial charge on any atom is -0.339 e. The van der Waals surface area contributed by atoms with Crippen LogP contribution >= 0.6 is 0 Å². The quantitative estimate of drug-likeness (QED) is 0.784. The van der Waals surface area contributed by atoms with Crippen molar-refractivity contribution in [2.75, 3.05) is 13.1 Å². The maximum Gasteiger partial charge on any atom is 0.222 e. The summed E-state index contributed by atoms with van der Waals surface area (Å²) in [5.74, 6) is 1.26. The molecular weight excluding hydrogens is 224 g/mol. The number of hydrogen-bond donors (Lipinski definition) is 1. The van der Waals surface area contributed by atoms with Crippen molar-refractivity contribution < 1.29 is 4.79 Å². The van der Waals surface area contributed by atoms with Crippen LogP contribution in [0.15, 0.2) is 0 Å². The Morgan fingerprint density at radius 2 is 1.94 bits per heavy atom. The summed E-state index contributed by atoms with van der Waals surface area (Å²) in [5, 5.41) is 3.54. The van der Waals surface area contributed by atoms with Crippen molar-refractivity contribution >= 4 is 5.91 Å². The van der Waals surface area contributed by atoms with Crippen molar-refractivity contribution in [1.29, 1.82) is 0 Å². The summed E-state index contributed by atoms with van der Waals surface area (Å²) in [4.78, 5) is 14.5. The normalized spacial score (nSPS) is 28.1. The molecule has 1 aliphatic heterocycles. The Kier molecular flexibility index (Phi) is 3.88. The van der Waals surface area contributed by atoms with Crippen molar-refractivity contribution in [3.05, 3.63) is 0 Å². The number of piperidine rings is 1. The summed E-state index contributed by atoms with van der Waals surface area (Å²) in [6.45, 7) is 2.20. The van der Waals surface area contributed by atoms with Crippen molar-refractivity contribution in [1.82, 2.24) is 10.2 Å². The molecule has 3 nitrogen and oxygen atoms in total. The molecule has 1 amide bonds. The third-order valence-corrected chi connectivity index (χ3v) is 4.58. The first-order valence-corrected chi connectivity index (χ1v) is 7.86. The Morgan fingerprint density at radius 3 is 2.56 bits per heavy atom. The molecule has 0 radical (unpaired) electrons. The molecule has 3 fully saturated rings. The fraction of sp³-hybridized carbons (Fsp3) is 0.933. The molecule has 0 aromatic rings. The summed E-state index contributed by atoms with van der Waals surface area (Å²) in [5.41, 5.74) is 0. The molecule has 2 aliphatic carbocycles. The van der Waals surface area contributed by atoms with Crippen LogP contribution in [0.25, 0.3) is 0 Å². The van der Waals surface area contributed by atoms with E-state index in [-0.39, 0.29) is 0 Å². The highest BCUT2D eigenvalue weighted by Crippen LogP contribution is 2.35. The van der Waals surface area contributed by atoms with Gasteiger partial charge in [-0.1, -0.05) is 6.42 Å². The smallest absolute Gasteiger partial charge is 0.222 e. The average molecular weight is 250 g/mol. The van der Waals surface area contributed by atoms with Gasteiger partial charge in [-0.3, -0.25) is 4.79 Å². The van der Waals surface area contributed by atoms with Gasteiger partial charge in [0.2, 0.25) is 5.91 Å². The van der Waals surface area contributed by atoms with Crippen LogP contribution in [0.2, 0.25) is 0 Å². The molecule has 18 heavy (non-hydrogen) atoms. The predicted octanol–water partition coefficient (Wildman–Crippen LogP) is 2.31. The molecule has 3 aliphatic rings. The molecular formula is C15H26N2O. The van der Waals surface area contributed by atoms with Crippen LogP contribution in [-0.4, -0.2) is 36.0 Å². The van der Waals surface area contributed by atoms with Gasteiger partial charge in [0.15, 0.2) is 0 Å². The van der Waals surface area contributed by atoms with Crippen LogP contribution in [0.5, 0.6) is 0 Å². The van der Waals surface area contributed by atoms with E-state index in [1.807, 2.05) is 0 Å². The lowest BCUT2D eigenvalue weighted by atomic mass is 10.0. The Balaban J connectivity index is 1.43. The molecule has 2 saturated carbocycles. The van der Waals surface area contributed by atoms with Crippen LogP contribution in [0.4, 0.5) is 0 Å². The summed E-state index contributed by atoms with van der Waals surface area (Å²) < 4.78 is 0. The fourth-order valence-corrected chi connectivity index (χ4v) is 3.03. The molecule has 102 valence electrons. The van der Waals surface area contributed by atoms with Crippen molar-refractivity contribution in [2.45, 2.75) is 69.9 Å². The average Bonchev–Trinajstić information content (AvgIpc) is 3.28. The van der Waals surface area contributed by atoms with E-state index in [0.29, 0.717) is 18.0 Å². The Labute approximate surface area is 110 Å². The molecule has 0 bridgehead atoms. The van der Waals surface area contributed by atoms with E-state index in [1.54, 1.807) is 0 Å². The molecule has 0 aromatic carbocycles. The van der Waals surface area contributed by atoms with Crippen LogP contribution in [0.3, 0.4) is 0 Å². The van der Waals surface area contributed by atoms with E-state index in [9.17, 15) is 4.79 Å². The first-order chi connectivity index (χ1) is 8.83. The monoisotopic (exact) mass is 250 g/mol. The predicted molar refractivity (Wildman–Crippen MR) is 72.3 cm³/mol. The van der Waals surface area contributed by atoms with Crippen molar-refractivity contribution in [2.24, 2.45) is 5.92 Å². The molecule has 0 spiro atoms. The highest BCUT2D eigenvalue weighted by atomic mass is 16.2. The molecule has 3 rings (SSSR count). The van der Waals surface area contributed by atoms with Gasteiger partial charge in [0.25, 0.3) is 0 Å². The van der Waals surface area contributed by atoms with Crippen LogP contribution in [0.1, 0.15) is 57.8 Å². The zero-order valence-corrected chi connectivity index (χ0v) is 11.4. The molecule has 0 aromatic heterocycles. The maximum absolute atomic E-state index is 12.3. The largest absolute Gasteiger partial charge is 0.339 e. The zero-order valence-electron chi connectivity index (χ0n) is 11.4. The van der Waals surface area contributed by atoms with Gasteiger partial charge in [-0.25, -0.2) is 0 Å². The molecule has 1 saturated heterocycles. The van der Waals surface area contributed by atoms with Gasteiger partial charge in [0.1, 0.15) is 0 Å². The van der Waals surface area contributed by atoms with Gasteiger partial charge in [-0.05, 0) is 57.4 Å². The highest BCUT2D eigenvalue weighted by molar-refractivity contribution is 5.77. The van der Waals surface area contributed by atoms with E-state index < -0.39 is 0 Å². The fourth-order valence-electron chi connectivity index (χ4n) is 3.03. The minimum absolute atomic E-state index is 0.428. The first-order valence-electron chi connectivity index (χ1n) is 7.86.